The van der Waals surface area contributed by atoms with E-state index in [2.05, 4.69) is 4.57 Å². The van der Waals surface area contributed by atoms with Gasteiger partial charge in [0, 0.05) is 42.7 Å². The Bertz CT molecular complexity index is 1110. The highest BCUT2D eigenvalue weighted by Gasteiger charge is 2.34. The van der Waals surface area contributed by atoms with E-state index in [-0.39, 0.29) is 24.2 Å². The lowest BCUT2D eigenvalue weighted by atomic mass is 9.99. The van der Waals surface area contributed by atoms with Gasteiger partial charge < -0.3 is 14.4 Å². The minimum Gasteiger partial charge on any atom is -0.348 e. The summed E-state index contributed by atoms with van der Waals surface area (Å²) in [5.74, 6) is -0.686. The lowest BCUT2D eigenvalue weighted by Crippen LogP contribution is -2.48. The molecule has 1 aromatic heterocycles. The topological polar surface area (TPSA) is 45.6 Å². The molecule has 32 heavy (non-hydrogen) atoms. The van der Waals surface area contributed by atoms with Crippen molar-refractivity contribution in [3.05, 3.63) is 95.1 Å². The molecule has 1 atom stereocenters. The third-order valence-electron chi connectivity index (χ3n) is 5.96. The second-order valence-electron chi connectivity index (χ2n) is 8.23. The number of aryl methyl sites for hydroxylation is 1. The first-order valence-corrected chi connectivity index (χ1v) is 11.0. The Morgan fingerprint density at radius 2 is 1.78 bits per heavy atom. The molecule has 0 saturated carbocycles. The summed E-state index contributed by atoms with van der Waals surface area (Å²) in [7, 11) is 0. The fourth-order valence-electron chi connectivity index (χ4n) is 4.33. The molecule has 6 heteroatoms. The summed E-state index contributed by atoms with van der Waals surface area (Å²) in [6.45, 7) is 5.49. The van der Waals surface area contributed by atoms with Crippen molar-refractivity contribution in [2.24, 2.45) is 0 Å². The molecule has 2 amide bonds. The number of nitrogens with zero attached hydrogens (tertiary/aromatic N) is 3. The van der Waals surface area contributed by atoms with Crippen molar-refractivity contribution in [1.82, 2.24) is 14.4 Å². The summed E-state index contributed by atoms with van der Waals surface area (Å²) in [6, 6.07) is 17.3. The number of rotatable bonds is 6. The van der Waals surface area contributed by atoms with Crippen molar-refractivity contribution >= 4 is 11.8 Å². The molecule has 1 unspecified atom stereocenters. The van der Waals surface area contributed by atoms with Gasteiger partial charge in [-0.2, -0.15) is 0 Å². The molecule has 0 radical (unpaired) electrons. The highest BCUT2D eigenvalue weighted by Crippen LogP contribution is 2.34. The molecule has 166 valence electrons. The average molecular weight is 434 g/mol. The Labute approximate surface area is 188 Å². The Morgan fingerprint density at radius 3 is 2.50 bits per heavy atom. The number of carbonyl (C=O) groups is 2. The first-order chi connectivity index (χ1) is 15.5. The highest BCUT2D eigenvalue weighted by molar-refractivity contribution is 5.96. The quantitative estimate of drug-likeness (QED) is 0.578. The van der Waals surface area contributed by atoms with E-state index in [4.69, 9.17) is 0 Å². The van der Waals surface area contributed by atoms with Crippen molar-refractivity contribution in [2.75, 3.05) is 19.6 Å². The summed E-state index contributed by atoms with van der Waals surface area (Å²) in [4.78, 5) is 29.9. The van der Waals surface area contributed by atoms with Crippen LogP contribution in [0, 0.1) is 12.7 Å². The van der Waals surface area contributed by atoms with Crippen LogP contribution in [-0.4, -0.2) is 45.8 Å². The zero-order valence-electron chi connectivity index (χ0n) is 18.5. The maximum Gasteiger partial charge on any atom is 0.254 e. The third-order valence-corrected chi connectivity index (χ3v) is 5.96. The van der Waals surface area contributed by atoms with Crippen LogP contribution in [0.25, 0.3) is 0 Å². The average Bonchev–Trinajstić information content (AvgIpc) is 3.27. The van der Waals surface area contributed by atoms with Gasteiger partial charge in [-0.15, -0.1) is 0 Å². The molecule has 0 spiro atoms. The van der Waals surface area contributed by atoms with Crippen LogP contribution in [0.1, 0.15) is 46.6 Å². The minimum absolute atomic E-state index is 0.0355. The van der Waals surface area contributed by atoms with Crippen LogP contribution in [0.4, 0.5) is 4.39 Å². The van der Waals surface area contributed by atoms with Gasteiger partial charge in [0.15, 0.2) is 0 Å². The van der Waals surface area contributed by atoms with Crippen molar-refractivity contribution in [1.29, 1.82) is 0 Å². The zero-order valence-corrected chi connectivity index (χ0v) is 18.5. The summed E-state index contributed by atoms with van der Waals surface area (Å²) in [5.41, 5.74) is 2.98. The van der Waals surface area contributed by atoms with Crippen molar-refractivity contribution in [2.45, 2.75) is 32.9 Å². The molecule has 0 saturated heterocycles. The van der Waals surface area contributed by atoms with E-state index in [1.807, 2.05) is 44.3 Å². The Kier molecular flexibility index (Phi) is 6.40. The monoisotopic (exact) mass is 433 g/mol. The molecule has 0 fully saturated rings. The van der Waals surface area contributed by atoms with E-state index < -0.39 is 6.04 Å². The molecule has 0 bridgehead atoms. The van der Waals surface area contributed by atoms with E-state index in [0.717, 1.165) is 17.7 Å². The maximum atomic E-state index is 14.8. The molecule has 5 nitrogen and oxygen atoms in total. The van der Waals surface area contributed by atoms with Crippen molar-refractivity contribution in [3.8, 4) is 0 Å². The van der Waals surface area contributed by atoms with Crippen molar-refractivity contribution < 1.29 is 14.0 Å². The first kappa shape index (κ1) is 21.8. The number of hydrogen-bond acceptors (Lipinski definition) is 2. The van der Waals surface area contributed by atoms with E-state index in [1.165, 1.54) is 6.07 Å². The second kappa shape index (κ2) is 9.39. The summed E-state index contributed by atoms with van der Waals surface area (Å²) in [6.07, 6.45) is 2.69. The normalized spacial score (nSPS) is 15.3. The highest BCUT2D eigenvalue weighted by atomic mass is 19.1. The van der Waals surface area contributed by atoms with Crippen LogP contribution in [0.15, 0.2) is 66.9 Å². The Morgan fingerprint density at radius 1 is 1.03 bits per heavy atom. The van der Waals surface area contributed by atoms with E-state index in [0.29, 0.717) is 30.8 Å². The van der Waals surface area contributed by atoms with Crippen LogP contribution in [0.5, 0.6) is 0 Å². The lowest BCUT2D eigenvalue weighted by molar-refractivity contribution is -0.134. The second-order valence-corrected chi connectivity index (χ2v) is 8.23. The van der Waals surface area contributed by atoms with Crippen LogP contribution in [0.3, 0.4) is 0 Å². The summed E-state index contributed by atoms with van der Waals surface area (Å²) < 4.78 is 16.8. The van der Waals surface area contributed by atoms with Gasteiger partial charge in [0.1, 0.15) is 18.4 Å². The number of aromatic nitrogens is 1. The van der Waals surface area contributed by atoms with Gasteiger partial charge in [-0.3, -0.25) is 9.59 Å². The van der Waals surface area contributed by atoms with Crippen LogP contribution >= 0.6 is 0 Å². The number of halogens is 1. The van der Waals surface area contributed by atoms with Crippen LogP contribution in [0.2, 0.25) is 0 Å². The molecular weight excluding hydrogens is 405 g/mol. The fourth-order valence-corrected chi connectivity index (χ4v) is 4.33. The minimum atomic E-state index is -0.523. The Balaban J connectivity index is 1.62. The van der Waals surface area contributed by atoms with Gasteiger partial charge in [-0.1, -0.05) is 42.8 Å². The number of amides is 2. The van der Waals surface area contributed by atoms with Gasteiger partial charge in [0.25, 0.3) is 5.91 Å². The zero-order chi connectivity index (χ0) is 22.7. The largest absolute Gasteiger partial charge is 0.348 e. The maximum absolute atomic E-state index is 14.8. The van der Waals surface area contributed by atoms with Crippen LogP contribution in [-0.2, 0) is 11.3 Å². The van der Waals surface area contributed by atoms with Gasteiger partial charge in [-0.25, -0.2) is 4.39 Å². The van der Waals surface area contributed by atoms with Gasteiger partial charge in [0.2, 0.25) is 5.91 Å². The SMILES string of the molecule is CCCN(CC(=O)N1CCn2cccc2C1c1ccccc1F)C(=O)c1ccc(C)cc1. The molecule has 1 aliphatic heterocycles. The molecule has 1 aliphatic rings. The number of fused-ring (bicyclic) bond motifs is 1. The van der Waals surface area contributed by atoms with Gasteiger partial charge in [-0.05, 0) is 43.7 Å². The molecule has 0 N–H and O–H groups in total. The Hall–Kier alpha value is -3.41. The smallest absolute Gasteiger partial charge is 0.254 e. The third kappa shape index (κ3) is 4.31. The van der Waals surface area contributed by atoms with Gasteiger partial charge in [0.05, 0.1) is 0 Å². The van der Waals surface area contributed by atoms with E-state index >= 15 is 0 Å². The lowest BCUT2D eigenvalue weighted by Gasteiger charge is -2.38. The molecule has 2 aromatic carbocycles. The predicted molar refractivity (Wildman–Crippen MR) is 122 cm³/mol. The van der Waals surface area contributed by atoms with Gasteiger partial charge >= 0.3 is 0 Å². The molecule has 2 heterocycles. The number of hydrogen-bond donors (Lipinski definition) is 0. The summed E-state index contributed by atoms with van der Waals surface area (Å²) in [5, 5.41) is 0. The number of carbonyl (C=O) groups excluding carboxylic acids is 2. The molecule has 0 aliphatic carbocycles. The standard InChI is InChI=1S/C26H28FN3O2/c1-3-14-29(26(32)20-12-10-19(2)11-13-20)18-24(31)30-17-16-28-15-6-9-23(28)25(30)21-7-4-5-8-22(21)27/h4-13,15,25H,3,14,16-18H2,1-2H3. The van der Waals surface area contributed by atoms with E-state index in [9.17, 15) is 14.0 Å². The molecule has 3 aromatic rings. The number of benzene rings is 2. The summed E-state index contributed by atoms with van der Waals surface area (Å²) >= 11 is 0. The van der Waals surface area contributed by atoms with Crippen molar-refractivity contribution in [3.63, 3.8) is 0 Å². The fraction of sp³-hybridized carbons (Fsp3) is 0.308. The van der Waals surface area contributed by atoms with Crippen LogP contribution < -0.4 is 0 Å². The molecular formula is C26H28FN3O2. The molecule has 4 rings (SSSR count). The first-order valence-electron chi connectivity index (χ1n) is 11.0. The predicted octanol–water partition coefficient (Wildman–Crippen LogP) is 4.42. The van der Waals surface area contributed by atoms with E-state index in [1.54, 1.807) is 40.1 Å².